The molecule has 16 heavy (non-hydrogen) atoms. The summed E-state index contributed by atoms with van der Waals surface area (Å²) in [5, 5.41) is 10.9. The van der Waals surface area contributed by atoms with Crippen LogP contribution in [0.5, 0.6) is 0 Å². The highest BCUT2D eigenvalue weighted by atomic mass is 16.4. The highest BCUT2D eigenvalue weighted by Gasteiger charge is 2.44. The van der Waals surface area contributed by atoms with E-state index in [9.17, 15) is 9.90 Å². The van der Waals surface area contributed by atoms with Crippen molar-refractivity contribution in [3.8, 4) is 0 Å². The fourth-order valence-electron chi connectivity index (χ4n) is 3.84. The van der Waals surface area contributed by atoms with Crippen LogP contribution in [0.4, 0.5) is 0 Å². The number of aliphatic carboxylic acids is 1. The van der Waals surface area contributed by atoms with E-state index in [1.54, 1.807) is 6.92 Å². The van der Waals surface area contributed by atoms with E-state index in [-0.39, 0.29) is 6.04 Å². The standard InChI is InChI=1S/C13H23NO2/c1-8-4-5-11-9(2)6-14(7-12(8)11)10(3)13(15)16/h8-12H,4-7H2,1-3H3,(H,15,16)/t8-,9?,10-,11?,12?/m1/s1. The second-order valence-corrected chi connectivity index (χ2v) is 5.97. The first kappa shape index (κ1) is 11.9. The van der Waals surface area contributed by atoms with E-state index >= 15 is 0 Å². The summed E-state index contributed by atoms with van der Waals surface area (Å²) in [5.41, 5.74) is 0. The van der Waals surface area contributed by atoms with Crippen molar-refractivity contribution in [3.63, 3.8) is 0 Å². The molecule has 0 aromatic heterocycles. The Kier molecular flexibility index (Phi) is 3.24. The van der Waals surface area contributed by atoms with Crippen molar-refractivity contribution in [2.24, 2.45) is 23.7 Å². The third kappa shape index (κ3) is 1.97. The van der Waals surface area contributed by atoms with E-state index < -0.39 is 5.97 Å². The fraction of sp³-hybridized carbons (Fsp3) is 0.923. The van der Waals surface area contributed by atoms with E-state index in [4.69, 9.17) is 0 Å². The number of fused-ring (bicyclic) bond motifs is 1. The van der Waals surface area contributed by atoms with E-state index in [0.29, 0.717) is 5.92 Å². The number of rotatable bonds is 2. The first-order chi connectivity index (χ1) is 7.50. The van der Waals surface area contributed by atoms with Gasteiger partial charge in [-0.3, -0.25) is 0 Å². The number of carboxylic acid groups (broad SMARTS) is 1. The third-order valence-corrected chi connectivity index (χ3v) is 5.02. The van der Waals surface area contributed by atoms with Crippen LogP contribution >= 0.6 is 0 Å². The van der Waals surface area contributed by atoms with Crippen molar-refractivity contribution in [1.82, 2.24) is 0 Å². The van der Waals surface area contributed by atoms with Gasteiger partial charge in [-0.05, 0) is 31.6 Å². The lowest BCUT2D eigenvalue weighted by Crippen LogP contribution is -3.19. The third-order valence-electron chi connectivity index (χ3n) is 5.02. The Bertz CT molecular complexity index is 279. The molecule has 2 rings (SSSR count). The number of carbonyl (C=O) groups excluding carboxylic acids is 1. The summed E-state index contributed by atoms with van der Waals surface area (Å²) in [6, 6.07) is -0.351. The Morgan fingerprint density at radius 1 is 1.19 bits per heavy atom. The average Bonchev–Trinajstić information content (AvgIpc) is 2.60. The molecule has 1 saturated heterocycles. The van der Waals surface area contributed by atoms with Crippen LogP contribution in [-0.2, 0) is 4.79 Å². The fourth-order valence-corrected chi connectivity index (χ4v) is 3.84. The molecule has 1 aliphatic heterocycles. The molecule has 2 aliphatic rings. The zero-order valence-electron chi connectivity index (χ0n) is 10.5. The molecule has 0 aromatic carbocycles. The number of likely N-dealkylation sites (tertiary alicyclic amines) is 1. The van der Waals surface area contributed by atoms with Gasteiger partial charge in [0.05, 0.1) is 19.1 Å². The maximum Gasteiger partial charge on any atom is 0.125 e. The van der Waals surface area contributed by atoms with Gasteiger partial charge in [-0.25, -0.2) is 0 Å². The second-order valence-electron chi connectivity index (χ2n) is 5.97. The van der Waals surface area contributed by atoms with Gasteiger partial charge in [-0.1, -0.05) is 13.8 Å². The Morgan fingerprint density at radius 2 is 1.88 bits per heavy atom. The van der Waals surface area contributed by atoms with Crippen LogP contribution in [0.15, 0.2) is 0 Å². The van der Waals surface area contributed by atoms with Crippen LogP contribution in [-0.4, -0.2) is 25.1 Å². The Labute approximate surface area is 97.8 Å². The number of nitrogens with one attached hydrogen (secondary N) is 1. The first-order valence-corrected chi connectivity index (χ1v) is 6.56. The van der Waals surface area contributed by atoms with E-state index in [0.717, 1.165) is 30.8 Å². The normalized spacial score (nSPS) is 45.1. The highest BCUT2D eigenvalue weighted by Crippen LogP contribution is 2.41. The van der Waals surface area contributed by atoms with E-state index in [1.165, 1.54) is 17.7 Å². The number of carboxylic acids is 1. The highest BCUT2D eigenvalue weighted by molar-refractivity contribution is 5.68. The first-order valence-electron chi connectivity index (χ1n) is 6.56. The molecular weight excluding hydrogens is 202 g/mol. The summed E-state index contributed by atoms with van der Waals surface area (Å²) < 4.78 is 0. The Hall–Kier alpha value is -0.570. The van der Waals surface area contributed by atoms with Crippen molar-refractivity contribution >= 4 is 5.97 Å². The van der Waals surface area contributed by atoms with Gasteiger partial charge >= 0.3 is 0 Å². The molecule has 0 aromatic rings. The molecule has 0 bridgehead atoms. The topological polar surface area (TPSA) is 44.6 Å². The van der Waals surface area contributed by atoms with Gasteiger partial charge in [0.25, 0.3) is 0 Å². The summed E-state index contributed by atoms with van der Waals surface area (Å²) in [6.45, 7) is 8.44. The molecule has 1 saturated carbocycles. The molecular formula is C13H23NO2. The van der Waals surface area contributed by atoms with Crippen molar-refractivity contribution < 1.29 is 14.8 Å². The molecule has 3 nitrogen and oxygen atoms in total. The summed E-state index contributed by atoms with van der Waals surface area (Å²) in [6.07, 6.45) is 2.67. The molecule has 1 aliphatic carbocycles. The molecule has 1 N–H and O–H groups in total. The molecule has 0 amide bonds. The largest absolute Gasteiger partial charge is 0.544 e. The Balaban J connectivity index is 2.07. The summed E-state index contributed by atoms with van der Waals surface area (Å²) >= 11 is 0. The van der Waals surface area contributed by atoms with Crippen molar-refractivity contribution in [2.75, 3.05) is 13.1 Å². The number of carbonyl (C=O) groups is 1. The summed E-state index contributed by atoms with van der Waals surface area (Å²) in [4.78, 5) is 12.2. The van der Waals surface area contributed by atoms with E-state index in [1.807, 2.05) is 0 Å². The molecule has 6 atom stereocenters. The van der Waals surface area contributed by atoms with Crippen LogP contribution in [0.2, 0.25) is 0 Å². The zero-order valence-corrected chi connectivity index (χ0v) is 10.5. The molecule has 0 radical (unpaired) electrons. The van der Waals surface area contributed by atoms with Gasteiger partial charge in [-0.15, -0.1) is 0 Å². The molecule has 2 fully saturated rings. The molecule has 4 unspecified atom stereocenters. The molecule has 0 spiro atoms. The average molecular weight is 225 g/mol. The van der Waals surface area contributed by atoms with Gasteiger partial charge in [-0.2, -0.15) is 0 Å². The molecule has 92 valence electrons. The maximum absolute atomic E-state index is 10.9. The molecule has 1 heterocycles. The van der Waals surface area contributed by atoms with Gasteiger partial charge in [0.1, 0.15) is 6.04 Å². The number of hydrogen-bond acceptors (Lipinski definition) is 2. The minimum absolute atomic E-state index is 0.351. The van der Waals surface area contributed by atoms with Crippen molar-refractivity contribution in [3.05, 3.63) is 0 Å². The van der Waals surface area contributed by atoms with Crippen LogP contribution < -0.4 is 10.0 Å². The van der Waals surface area contributed by atoms with Crippen LogP contribution in [0.3, 0.4) is 0 Å². The lowest BCUT2D eigenvalue weighted by atomic mass is 9.78. The minimum atomic E-state index is -0.897. The number of quaternary nitrogens is 1. The predicted octanol–water partition coefficient (Wildman–Crippen LogP) is -0.678. The van der Waals surface area contributed by atoms with Gasteiger partial charge < -0.3 is 14.8 Å². The zero-order chi connectivity index (χ0) is 11.9. The minimum Gasteiger partial charge on any atom is -0.544 e. The smallest absolute Gasteiger partial charge is 0.125 e. The second kappa shape index (κ2) is 4.36. The van der Waals surface area contributed by atoms with Crippen LogP contribution in [0.1, 0.15) is 33.6 Å². The number of hydrogen-bond donors (Lipinski definition) is 1. The van der Waals surface area contributed by atoms with Gasteiger partial charge in [0.15, 0.2) is 0 Å². The monoisotopic (exact) mass is 225 g/mol. The van der Waals surface area contributed by atoms with Crippen molar-refractivity contribution in [2.45, 2.75) is 39.7 Å². The lowest BCUT2D eigenvalue weighted by Gasteiger charge is -2.41. The predicted molar refractivity (Wildman–Crippen MR) is 59.7 cm³/mol. The number of piperidine rings is 1. The SMILES string of the molecule is CC1C[NH+]([C@H](C)C(=O)[O-])CC2C1CC[C@H]2C. The van der Waals surface area contributed by atoms with Gasteiger partial charge in [0, 0.05) is 11.8 Å². The Morgan fingerprint density at radius 3 is 2.50 bits per heavy atom. The van der Waals surface area contributed by atoms with Crippen LogP contribution in [0.25, 0.3) is 0 Å². The van der Waals surface area contributed by atoms with Gasteiger partial charge in [0.2, 0.25) is 0 Å². The summed E-state index contributed by atoms with van der Waals surface area (Å²) in [5.74, 6) is 2.12. The van der Waals surface area contributed by atoms with Crippen molar-refractivity contribution in [1.29, 1.82) is 0 Å². The molecule has 3 heteroatoms. The van der Waals surface area contributed by atoms with E-state index in [2.05, 4.69) is 13.8 Å². The maximum atomic E-state index is 10.9. The lowest BCUT2D eigenvalue weighted by molar-refractivity contribution is -0.930. The quantitative estimate of drug-likeness (QED) is 0.677. The van der Waals surface area contributed by atoms with Crippen LogP contribution in [0, 0.1) is 23.7 Å². The summed E-state index contributed by atoms with van der Waals surface area (Å²) in [7, 11) is 0.